The van der Waals surface area contributed by atoms with E-state index in [9.17, 15) is 9.59 Å². The Bertz CT molecular complexity index is 1460. The van der Waals surface area contributed by atoms with Crippen LogP contribution in [-0.4, -0.2) is 34.5 Å². The molecule has 9 heteroatoms. The first-order chi connectivity index (χ1) is 17.2. The third-order valence-electron chi connectivity index (χ3n) is 5.84. The second kappa shape index (κ2) is 10.5. The van der Waals surface area contributed by atoms with Gasteiger partial charge in [0.1, 0.15) is 10.6 Å². The van der Waals surface area contributed by atoms with Crippen LogP contribution >= 0.6 is 23.1 Å². The van der Waals surface area contributed by atoms with Crippen molar-refractivity contribution < 1.29 is 9.53 Å². The highest BCUT2D eigenvalue weighted by molar-refractivity contribution is 7.99. The maximum absolute atomic E-state index is 13.7. The average Bonchev–Trinajstić information content (AvgIpc) is 3.27. The van der Waals surface area contributed by atoms with Gasteiger partial charge in [-0.05, 0) is 55.5 Å². The molecule has 0 unspecified atom stereocenters. The number of hydrogen-bond donors (Lipinski definition) is 1. The van der Waals surface area contributed by atoms with Crippen LogP contribution in [0.2, 0.25) is 0 Å². The highest BCUT2D eigenvalue weighted by atomic mass is 32.2. The van der Waals surface area contributed by atoms with Crippen molar-refractivity contribution in [3.63, 3.8) is 0 Å². The van der Waals surface area contributed by atoms with Crippen LogP contribution in [0.5, 0.6) is 5.75 Å². The fraction of sp³-hybridized carbons (Fsp3) is 0.231. The molecule has 2 aromatic carbocycles. The van der Waals surface area contributed by atoms with Gasteiger partial charge in [0.05, 0.1) is 30.2 Å². The summed E-state index contributed by atoms with van der Waals surface area (Å²) in [5.41, 5.74) is 5.12. The molecular formula is C26H24N4O3S2. The molecule has 1 N–H and O–H groups in total. The Labute approximate surface area is 210 Å². The van der Waals surface area contributed by atoms with E-state index in [4.69, 9.17) is 9.72 Å². The summed E-state index contributed by atoms with van der Waals surface area (Å²) in [7, 11) is 1.59. The minimum absolute atomic E-state index is 0.0686. The normalized spacial score (nSPS) is 13.2. The number of hydrazone groups is 1. The summed E-state index contributed by atoms with van der Waals surface area (Å²) in [5, 5.41) is 5.27. The molecule has 4 aromatic rings. The third-order valence-corrected chi connectivity index (χ3v) is 7.96. The highest BCUT2D eigenvalue weighted by Gasteiger charge is 2.23. The van der Waals surface area contributed by atoms with Crippen molar-refractivity contribution in [2.45, 2.75) is 30.8 Å². The van der Waals surface area contributed by atoms with Crippen LogP contribution in [0.25, 0.3) is 15.9 Å². The number of fused-ring (bicyclic) bond motifs is 3. The lowest BCUT2D eigenvalue weighted by Gasteiger charge is -2.13. The van der Waals surface area contributed by atoms with Gasteiger partial charge in [0.15, 0.2) is 5.16 Å². The van der Waals surface area contributed by atoms with Crippen LogP contribution in [-0.2, 0) is 17.6 Å². The van der Waals surface area contributed by atoms with Crippen molar-refractivity contribution in [2.75, 3.05) is 12.9 Å². The van der Waals surface area contributed by atoms with Crippen LogP contribution in [0.1, 0.15) is 28.8 Å². The van der Waals surface area contributed by atoms with Gasteiger partial charge in [-0.25, -0.2) is 10.4 Å². The van der Waals surface area contributed by atoms with Gasteiger partial charge in [0.2, 0.25) is 0 Å². The number of hydrogen-bond acceptors (Lipinski definition) is 7. The molecule has 178 valence electrons. The van der Waals surface area contributed by atoms with E-state index in [0.717, 1.165) is 52.7 Å². The van der Waals surface area contributed by atoms with Gasteiger partial charge in [-0.1, -0.05) is 42.1 Å². The molecular weight excluding hydrogens is 480 g/mol. The van der Waals surface area contributed by atoms with Crippen LogP contribution in [0, 0.1) is 0 Å². The smallest absolute Gasteiger partial charge is 0.267 e. The predicted molar refractivity (Wildman–Crippen MR) is 141 cm³/mol. The van der Waals surface area contributed by atoms with E-state index < -0.39 is 0 Å². The molecule has 1 amide bonds. The van der Waals surface area contributed by atoms with Gasteiger partial charge >= 0.3 is 0 Å². The number of ether oxygens (including phenoxy) is 1. The first-order valence-corrected chi connectivity index (χ1v) is 13.2. The van der Waals surface area contributed by atoms with Gasteiger partial charge in [0, 0.05) is 10.4 Å². The zero-order chi connectivity index (χ0) is 24.2. The van der Waals surface area contributed by atoms with E-state index in [0.29, 0.717) is 10.9 Å². The van der Waals surface area contributed by atoms with E-state index in [1.54, 1.807) is 29.2 Å². The Balaban J connectivity index is 1.41. The van der Waals surface area contributed by atoms with Crippen LogP contribution in [0.4, 0.5) is 0 Å². The van der Waals surface area contributed by atoms with Crippen molar-refractivity contribution >= 4 is 45.4 Å². The number of rotatable bonds is 7. The topological polar surface area (TPSA) is 85.6 Å². The molecule has 7 nitrogen and oxygen atoms in total. The number of carbonyl (C=O) groups is 1. The molecule has 5 rings (SSSR count). The molecule has 2 aromatic heterocycles. The maximum atomic E-state index is 13.7. The van der Waals surface area contributed by atoms with Gasteiger partial charge in [-0.2, -0.15) is 5.10 Å². The minimum atomic E-state index is -0.291. The number of benzene rings is 2. The molecule has 2 heterocycles. The van der Waals surface area contributed by atoms with E-state index in [-0.39, 0.29) is 17.2 Å². The summed E-state index contributed by atoms with van der Waals surface area (Å²) >= 11 is 2.83. The molecule has 0 radical (unpaired) electrons. The van der Waals surface area contributed by atoms with Crippen LogP contribution < -0.4 is 15.7 Å². The molecule has 0 atom stereocenters. The summed E-state index contributed by atoms with van der Waals surface area (Å²) in [4.78, 5) is 33.1. The van der Waals surface area contributed by atoms with Crippen molar-refractivity contribution in [2.24, 2.45) is 5.10 Å². The quantitative estimate of drug-likeness (QED) is 0.172. The fourth-order valence-electron chi connectivity index (χ4n) is 4.20. The van der Waals surface area contributed by atoms with E-state index in [1.807, 2.05) is 54.6 Å². The number of para-hydroxylation sites is 2. The van der Waals surface area contributed by atoms with Gasteiger partial charge in [-0.3, -0.25) is 14.2 Å². The molecule has 35 heavy (non-hydrogen) atoms. The average molecular weight is 505 g/mol. The van der Waals surface area contributed by atoms with Crippen molar-refractivity contribution in [1.82, 2.24) is 15.0 Å². The highest BCUT2D eigenvalue weighted by Crippen LogP contribution is 2.35. The molecule has 0 saturated carbocycles. The lowest BCUT2D eigenvalue weighted by molar-refractivity contribution is -0.118. The fourth-order valence-corrected chi connectivity index (χ4v) is 6.30. The number of aryl methyl sites for hydroxylation is 2. The maximum Gasteiger partial charge on any atom is 0.267 e. The second-order valence-electron chi connectivity index (χ2n) is 8.09. The number of thiophene rings is 1. The molecule has 0 saturated heterocycles. The first kappa shape index (κ1) is 23.3. The monoisotopic (exact) mass is 504 g/mol. The number of amides is 1. The number of methoxy groups -OCH3 is 1. The number of nitrogens with one attached hydrogen (secondary N) is 1. The predicted octanol–water partition coefficient (Wildman–Crippen LogP) is 4.58. The molecule has 0 bridgehead atoms. The molecule has 1 aliphatic carbocycles. The number of aromatic nitrogens is 2. The van der Waals surface area contributed by atoms with Crippen molar-refractivity contribution in [3.8, 4) is 11.4 Å². The Morgan fingerprint density at radius 2 is 1.94 bits per heavy atom. The van der Waals surface area contributed by atoms with Crippen LogP contribution in [0.15, 0.2) is 69.6 Å². The van der Waals surface area contributed by atoms with Crippen LogP contribution in [0.3, 0.4) is 0 Å². The van der Waals surface area contributed by atoms with Crippen molar-refractivity contribution in [1.29, 1.82) is 0 Å². The van der Waals surface area contributed by atoms with Gasteiger partial charge < -0.3 is 4.74 Å². The SMILES string of the molecule is COc1ccccc1C=NNC(=O)CSc1nc2sc3c(c2c(=O)n1-c1ccccc1)CCCC3. The summed E-state index contributed by atoms with van der Waals surface area (Å²) < 4.78 is 6.92. The molecule has 0 aliphatic heterocycles. The zero-order valence-corrected chi connectivity index (χ0v) is 20.8. The van der Waals surface area contributed by atoms with Gasteiger partial charge in [-0.15, -0.1) is 11.3 Å². The number of nitrogens with zero attached hydrogens (tertiary/aromatic N) is 3. The molecule has 0 spiro atoms. The Morgan fingerprint density at radius 3 is 2.77 bits per heavy atom. The zero-order valence-electron chi connectivity index (χ0n) is 19.2. The summed E-state index contributed by atoms with van der Waals surface area (Å²) in [6.45, 7) is 0. The lowest BCUT2D eigenvalue weighted by atomic mass is 9.97. The summed E-state index contributed by atoms with van der Waals surface area (Å²) in [5.74, 6) is 0.447. The number of carbonyl (C=O) groups excluding carboxylic acids is 1. The van der Waals surface area contributed by atoms with E-state index in [2.05, 4.69) is 10.5 Å². The third kappa shape index (κ3) is 4.87. The molecule has 0 fully saturated rings. The Morgan fingerprint density at radius 1 is 1.17 bits per heavy atom. The van der Waals surface area contributed by atoms with E-state index >= 15 is 0 Å². The van der Waals surface area contributed by atoms with Crippen molar-refractivity contribution in [3.05, 3.63) is 81.0 Å². The summed E-state index contributed by atoms with van der Waals surface area (Å²) in [6.07, 6.45) is 5.69. The summed E-state index contributed by atoms with van der Waals surface area (Å²) in [6, 6.07) is 16.9. The lowest BCUT2D eigenvalue weighted by Crippen LogP contribution is -2.24. The number of thioether (sulfide) groups is 1. The van der Waals surface area contributed by atoms with Gasteiger partial charge in [0.25, 0.3) is 11.5 Å². The second-order valence-corrected chi connectivity index (χ2v) is 10.1. The Hall–Kier alpha value is -3.43. The standard InChI is InChI=1S/C26H24N4O3S2/c1-33-20-13-7-5-9-17(20)15-27-29-22(31)16-34-26-28-24-23(19-12-6-8-14-21(19)35-24)25(32)30(26)18-10-3-2-4-11-18/h2-5,7,9-11,13,15H,6,8,12,14,16H2,1H3,(H,29,31). The Kier molecular flexibility index (Phi) is 6.96. The van der Waals surface area contributed by atoms with E-state index in [1.165, 1.54) is 16.6 Å². The first-order valence-electron chi connectivity index (χ1n) is 11.4. The largest absolute Gasteiger partial charge is 0.496 e. The minimum Gasteiger partial charge on any atom is -0.496 e. The molecule has 1 aliphatic rings.